The topological polar surface area (TPSA) is 37.3 Å². The van der Waals surface area contributed by atoms with E-state index in [0.717, 1.165) is 19.3 Å². The molecule has 0 saturated heterocycles. The lowest BCUT2D eigenvalue weighted by atomic mass is 10.0. The van der Waals surface area contributed by atoms with E-state index < -0.39 is 5.97 Å². The Morgan fingerprint density at radius 3 is 2.50 bits per heavy atom. The smallest absolute Gasteiger partial charge is 0.310 e. The zero-order chi connectivity index (χ0) is 10.8. The van der Waals surface area contributed by atoms with Gasteiger partial charge < -0.3 is 5.11 Å². The minimum Gasteiger partial charge on any atom is -0.481 e. The predicted molar refractivity (Wildman–Crippen MR) is 59.2 cm³/mol. The van der Waals surface area contributed by atoms with Crippen molar-refractivity contribution >= 4 is 5.97 Å². The Bertz CT molecular complexity index is 204. The molecule has 0 radical (unpaired) electrons. The van der Waals surface area contributed by atoms with E-state index in [2.05, 4.69) is 13.0 Å². The molecule has 0 fully saturated rings. The largest absolute Gasteiger partial charge is 0.481 e. The molecule has 0 bridgehead atoms. The molecule has 0 aliphatic rings. The summed E-state index contributed by atoms with van der Waals surface area (Å²) in [7, 11) is 0. The molecule has 1 unspecified atom stereocenters. The van der Waals surface area contributed by atoms with Gasteiger partial charge in [0.15, 0.2) is 0 Å². The number of hydrogen-bond donors (Lipinski definition) is 1. The monoisotopic (exact) mass is 196 g/mol. The average molecular weight is 196 g/mol. The van der Waals surface area contributed by atoms with Gasteiger partial charge in [0.1, 0.15) is 0 Å². The van der Waals surface area contributed by atoms with Crippen molar-refractivity contribution in [3.05, 3.63) is 24.3 Å². The van der Waals surface area contributed by atoms with Gasteiger partial charge in [0.2, 0.25) is 0 Å². The lowest BCUT2D eigenvalue weighted by Crippen LogP contribution is -2.09. The standard InChI is InChI=1S/C12H20O2/c1-3-5-7-8-10-11(12(13)14)9-6-4-2/h6-9,11H,3-5,10H2,1-2H3,(H,13,14)/b8-7-,9-6+. The normalized spacial score (nSPS) is 13.9. The van der Waals surface area contributed by atoms with Crippen LogP contribution in [-0.4, -0.2) is 11.1 Å². The highest BCUT2D eigenvalue weighted by Crippen LogP contribution is 2.07. The molecule has 0 heterocycles. The first kappa shape index (κ1) is 12.9. The second-order valence-corrected chi connectivity index (χ2v) is 3.28. The molecule has 0 aliphatic heterocycles. The third-order valence-electron chi connectivity index (χ3n) is 1.93. The lowest BCUT2D eigenvalue weighted by Gasteiger charge is -2.02. The second-order valence-electron chi connectivity index (χ2n) is 3.28. The van der Waals surface area contributed by atoms with Crippen LogP contribution in [0.25, 0.3) is 0 Å². The average Bonchev–Trinajstić information content (AvgIpc) is 2.16. The second kappa shape index (κ2) is 8.54. The van der Waals surface area contributed by atoms with E-state index in [9.17, 15) is 4.79 Å². The molecule has 1 N–H and O–H groups in total. The molecule has 0 aromatic carbocycles. The van der Waals surface area contributed by atoms with Gasteiger partial charge in [0, 0.05) is 0 Å². The van der Waals surface area contributed by atoms with Gasteiger partial charge in [0.25, 0.3) is 0 Å². The Kier molecular flexibility index (Phi) is 7.90. The van der Waals surface area contributed by atoms with Crippen LogP contribution in [0.5, 0.6) is 0 Å². The van der Waals surface area contributed by atoms with Crippen molar-refractivity contribution in [2.24, 2.45) is 5.92 Å². The van der Waals surface area contributed by atoms with Crippen molar-refractivity contribution in [2.45, 2.75) is 39.5 Å². The molecule has 0 aliphatic carbocycles. The molecular weight excluding hydrogens is 176 g/mol. The molecule has 0 rings (SSSR count). The number of carboxylic acid groups (broad SMARTS) is 1. The predicted octanol–water partition coefficient (Wildman–Crippen LogP) is 3.40. The number of unbranched alkanes of at least 4 members (excludes halogenated alkanes) is 1. The first-order chi connectivity index (χ1) is 6.72. The van der Waals surface area contributed by atoms with Gasteiger partial charge in [-0.25, -0.2) is 0 Å². The molecule has 1 atom stereocenters. The summed E-state index contributed by atoms with van der Waals surface area (Å²) in [6.45, 7) is 4.11. The zero-order valence-corrected chi connectivity index (χ0v) is 9.07. The van der Waals surface area contributed by atoms with Crippen LogP contribution >= 0.6 is 0 Å². The molecular formula is C12H20O2. The number of aliphatic carboxylic acids is 1. The van der Waals surface area contributed by atoms with Crippen LogP contribution in [0.2, 0.25) is 0 Å². The molecule has 0 aromatic heterocycles. The van der Waals surface area contributed by atoms with Gasteiger partial charge in [-0.15, -0.1) is 0 Å². The Morgan fingerprint density at radius 2 is 2.00 bits per heavy atom. The van der Waals surface area contributed by atoms with Crippen LogP contribution in [0.3, 0.4) is 0 Å². The van der Waals surface area contributed by atoms with E-state index in [1.165, 1.54) is 0 Å². The summed E-state index contributed by atoms with van der Waals surface area (Å²) in [5.41, 5.74) is 0. The maximum Gasteiger partial charge on any atom is 0.310 e. The van der Waals surface area contributed by atoms with Crippen LogP contribution in [0.15, 0.2) is 24.3 Å². The van der Waals surface area contributed by atoms with Gasteiger partial charge in [-0.3, -0.25) is 4.79 Å². The van der Waals surface area contributed by atoms with Crippen molar-refractivity contribution in [3.8, 4) is 0 Å². The van der Waals surface area contributed by atoms with Gasteiger partial charge in [-0.2, -0.15) is 0 Å². The van der Waals surface area contributed by atoms with Crippen LogP contribution < -0.4 is 0 Å². The first-order valence-corrected chi connectivity index (χ1v) is 5.26. The van der Waals surface area contributed by atoms with Crippen molar-refractivity contribution in [3.63, 3.8) is 0 Å². The number of carboxylic acids is 1. The van der Waals surface area contributed by atoms with E-state index in [1.807, 2.05) is 19.1 Å². The Morgan fingerprint density at radius 1 is 1.29 bits per heavy atom. The van der Waals surface area contributed by atoms with Gasteiger partial charge >= 0.3 is 5.97 Å². The highest BCUT2D eigenvalue weighted by atomic mass is 16.4. The third kappa shape index (κ3) is 6.46. The number of allylic oxidation sites excluding steroid dienone is 3. The number of carbonyl (C=O) groups is 1. The summed E-state index contributed by atoms with van der Waals surface area (Å²) < 4.78 is 0. The zero-order valence-electron chi connectivity index (χ0n) is 9.07. The number of rotatable bonds is 7. The Hall–Kier alpha value is -1.05. The van der Waals surface area contributed by atoms with Crippen molar-refractivity contribution in [1.82, 2.24) is 0 Å². The Balaban J connectivity index is 3.97. The van der Waals surface area contributed by atoms with Crippen molar-refractivity contribution in [1.29, 1.82) is 0 Å². The first-order valence-electron chi connectivity index (χ1n) is 5.26. The summed E-state index contributed by atoms with van der Waals surface area (Å²) in [5, 5.41) is 8.87. The van der Waals surface area contributed by atoms with Gasteiger partial charge in [-0.05, 0) is 19.3 Å². The molecule has 2 nitrogen and oxygen atoms in total. The van der Waals surface area contributed by atoms with E-state index >= 15 is 0 Å². The van der Waals surface area contributed by atoms with Crippen LogP contribution in [0, 0.1) is 5.92 Å². The fourth-order valence-electron chi connectivity index (χ4n) is 1.09. The van der Waals surface area contributed by atoms with E-state index in [0.29, 0.717) is 6.42 Å². The molecule has 80 valence electrons. The SMILES string of the molecule is CC/C=C/C(C/C=C\CCC)C(=O)O. The molecule has 0 saturated carbocycles. The van der Waals surface area contributed by atoms with E-state index in [4.69, 9.17) is 5.11 Å². The minimum absolute atomic E-state index is 0.358. The minimum atomic E-state index is -0.740. The molecule has 0 amide bonds. The van der Waals surface area contributed by atoms with Gasteiger partial charge in [-0.1, -0.05) is 44.6 Å². The molecule has 14 heavy (non-hydrogen) atoms. The maximum absolute atomic E-state index is 10.8. The van der Waals surface area contributed by atoms with Crippen molar-refractivity contribution < 1.29 is 9.90 Å². The van der Waals surface area contributed by atoms with E-state index in [1.54, 1.807) is 6.08 Å². The summed E-state index contributed by atoms with van der Waals surface area (Å²) >= 11 is 0. The molecule has 0 spiro atoms. The quantitative estimate of drug-likeness (QED) is 0.634. The fraction of sp³-hybridized carbons (Fsp3) is 0.583. The fourth-order valence-corrected chi connectivity index (χ4v) is 1.09. The lowest BCUT2D eigenvalue weighted by molar-refractivity contribution is -0.139. The maximum atomic E-state index is 10.8. The van der Waals surface area contributed by atoms with Crippen LogP contribution in [0.1, 0.15) is 39.5 Å². The van der Waals surface area contributed by atoms with Gasteiger partial charge in [0.05, 0.1) is 5.92 Å². The van der Waals surface area contributed by atoms with Crippen LogP contribution in [0.4, 0.5) is 0 Å². The highest BCUT2D eigenvalue weighted by molar-refractivity contribution is 5.72. The molecule has 0 aromatic rings. The Labute approximate surface area is 86.3 Å². The summed E-state index contributed by atoms with van der Waals surface area (Å²) in [6.07, 6.45) is 11.3. The summed E-state index contributed by atoms with van der Waals surface area (Å²) in [5.74, 6) is -1.10. The molecule has 2 heteroatoms. The van der Waals surface area contributed by atoms with Crippen LogP contribution in [-0.2, 0) is 4.79 Å². The highest BCUT2D eigenvalue weighted by Gasteiger charge is 2.10. The summed E-state index contributed by atoms with van der Waals surface area (Å²) in [4.78, 5) is 10.8. The van der Waals surface area contributed by atoms with Crippen molar-refractivity contribution in [2.75, 3.05) is 0 Å². The number of hydrogen-bond acceptors (Lipinski definition) is 1. The third-order valence-corrected chi connectivity index (χ3v) is 1.93. The summed E-state index contributed by atoms with van der Waals surface area (Å²) in [6, 6.07) is 0. The van der Waals surface area contributed by atoms with E-state index in [-0.39, 0.29) is 5.92 Å².